The van der Waals surface area contributed by atoms with Crippen molar-refractivity contribution in [3.63, 3.8) is 0 Å². The Morgan fingerprint density at radius 3 is 2.15 bits per heavy atom. The lowest BCUT2D eigenvalue weighted by molar-refractivity contribution is -0.140. The predicted octanol–water partition coefficient (Wildman–Crippen LogP) is 5.08. The molecule has 0 fully saturated rings. The van der Waals surface area contributed by atoms with Gasteiger partial charge in [0.15, 0.2) is 0 Å². The topological polar surface area (TPSA) is 86.8 Å². The van der Waals surface area contributed by atoms with Crippen LogP contribution in [0.1, 0.15) is 37.5 Å². The number of aryl methyl sites for hydroxylation is 1. The van der Waals surface area contributed by atoms with Gasteiger partial charge in [0.2, 0.25) is 21.8 Å². The van der Waals surface area contributed by atoms with Gasteiger partial charge in [-0.15, -0.1) is 0 Å². The highest BCUT2D eigenvalue weighted by atomic mass is 79.9. The number of hydrogen-bond donors (Lipinski definition) is 1. The fourth-order valence-electron chi connectivity index (χ4n) is 4.24. The Balaban J connectivity index is 2.08. The highest BCUT2D eigenvalue weighted by molar-refractivity contribution is 9.10. The summed E-state index contributed by atoms with van der Waals surface area (Å²) in [6, 6.07) is 23.1. The molecule has 39 heavy (non-hydrogen) atoms. The van der Waals surface area contributed by atoms with Crippen molar-refractivity contribution >= 4 is 43.5 Å². The fraction of sp³-hybridized carbons (Fsp3) is 0.333. The van der Waals surface area contributed by atoms with Gasteiger partial charge in [-0.05, 0) is 68.7 Å². The van der Waals surface area contributed by atoms with E-state index in [1.54, 1.807) is 18.2 Å². The van der Waals surface area contributed by atoms with Gasteiger partial charge in [-0.2, -0.15) is 0 Å². The molecular weight excluding hydrogens is 578 g/mol. The number of sulfonamides is 1. The van der Waals surface area contributed by atoms with Gasteiger partial charge in [0.25, 0.3) is 0 Å². The molecule has 3 aromatic carbocycles. The van der Waals surface area contributed by atoms with Crippen molar-refractivity contribution in [2.45, 2.75) is 52.2 Å². The van der Waals surface area contributed by atoms with E-state index in [1.165, 1.54) is 4.90 Å². The average molecular weight is 615 g/mol. The minimum atomic E-state index is -3.80. The summed E-state index contributed by atoms with van der Waals surface area (Å²) in [6.45, 7) is 7.19. The molecular formula is C30H36BrN3O4S. The summed E-state index contributed by atoms with van der Waals surface area (Å²) in [5, 5.41) is 3.02. The summed E-state index contributed by atoms with van der Waals surface area (Å²) in [7, 11) is -3.80. The van der Waals surface area contributed by atoms with Crippen LogP contribution in [0.5, 0.6) is 0 Å². The Kier molecular flexibility index (Phi) is 9.96. The lowest BCUT2D eigenvalue weighted by Crippen LogP contribution is -2.56. The molecule has 0 aliphatic rings. The van der Waals surface area contributed by atoms with Crippen molar-refractivity contribution in [3.05, 3.63) is 100 Å². The molecule has 0 aromatic heterocycles. The predicted molar refractivity (Wildman–Crippen MR) is 160 cm³/mol. The molecule has 0 heterocycles. The highest BCUT2D eigenvalue weighted by Crippen LogP contribution is 2.22. The monoisotopic (exact) mass is 613 g/mol. The van der Waals surface area contributed by atoms with Gasteiger partial charge in [0, 0.05) is 23.0 Å². The summed E-state index contributed by atoms with van der Waals surface area (Å²) in [4.78, 5) is 29.3. The van der Waals surface area contributed by atoms with Crippen LogP contribution in [0, 0.1) is 6.92 Å². The first-order valence-corrected chi connectivity index (χ1v) is 15.3. The van der Waals surface area contributed by atoms with Crippen LogP contribution >= 0.6 is 15.9 Å². The first-order chi connectivity index (χ1) is 18.2. The first-order valence-electron chi connectivity index (χ1n) is 12.7. The van der Waals surface area contributed by atoms with Crippen LogP contribution in [0.2, 0.25) is 0 Å². The maximum absolute atomic E-state index is 14.1. The third-order valence-corrected chi connectivity index (χ3v) is 7.61. The van der Waals surface area contributed by atoms with E-state index in [0.29, 0.717) is 5.69 Å². The van der Waals surface area contributed by atoms with Crippen molar-refractivity contribution in [2.24, 2.45) is 0 Å². The van der Waals surface area contributed by atoms with Gasteiger partial charge in [-0.3, -0.25) is 13.9 Å². The lowest BCUT2D eigenvalue weighted by atomic mass is 10.0. The number of rotatable bonds is 10. The van der Waals surface area contributed by atoms with Crippen molar-refractivity contribution in [2.75, 3.05) is 17.1 Å². The number of carbonyl (C=O) groups excluding carboxylic acids is 2. The van der Waals surface area contributed by atoms with Crippen LogP contribution in [0.3, 0.4) is 0 Å². The smallest absolute Gasteiger partial charge is 0.244 e. The molecule has 7 nitrogen and oxygen atoms in total. The molecule has 0 bridgehead atoms. The largest absolute Gasteiger partial charge is 0.350 e. The van der Waals surface area contributed by atoms with Gasteiger partial charge in [-0.1, -0.05) is 70.5 Å². The molecule has 3 rings (SSSR count). The third kappa shape index (κ3) is 9.21. The molecule has 2 amide bonds. The number of nitrogens with one attached hydrogen (secondary N) is 1. The Morgan fingerprint density at radius 2 is 1.56 bits per heavy atom. The van der Waals surface area contributed by atoms with Gasteiger partial charge in [-0.25, -0.2) is 8.42 Å². The van der Waals surface area contributed by atoms with Gasteiger partial charge >= 0.3 is 0 Å². The Morgan fingerprint density at radius 1 is 0.923 bits per heavy atom. The van der Waals surface area contributed by atoms with Gasteiger partial charge in [0.05, 0.1) is 11.9 Å². The fourth-order valence-corrected chi connectivity index (χ4v) is 5.52. The number of benzene rings is 3. The van der Waals surface area contributed by atoms with Crippen molar-refractivity contribution in [1.82, 2.24) is 10.2 Å². The lowest BCUT2D eigenvalue weighted by Gasteiger charge is -2.35. The zero-order valence-corrected chi connectivity index (χ0v) is 25.4. The van der Waals surface area contributed by atoms with Gasteiger partial charge < -0.3 is 10.2 Å². The van der Waals surface area contributed by atoms with E-state index in [1.807, 2.05) is 88.4 Å². The van der Waals surface area contributed by atoms with Crippen molar-refractivity contribution in [1.29, 1.82) is 0 Å². The zero-order chi connectivity index (χ0) is 28.8. The van der Waals surface area contributed by atoms with E-state index in [4.69, 9.17) is 0 Å². The number of nitrogens with zero attached hydrogens (tertiary/aromatic N) is 2. The Bertz CT molecular complexity index is 1400. The number of anilines is 1. The summed E-state index contributed by atoms with van der Waals surface area (Å²) in [5.41, 5.74) is 2.42. The molecule has 3 aromatic rings. The van der Waals surface area contributed by atoms with E-state index in [9.17, 15) is 18.0 Å². The van der Waals surface area contributed by atoms with Crippen molar-refractivity contribution < 1.29 is 18.0 Å². The number of amides is 2. The Hall–Kier alpha value is -3.17. The van der Waals surface area contributed by atoms with E-state index < -0.39 is 34.1 Å². The number of carbonyl (C=O) groups is 2. The Labute approximate surface area is 240 Å². The number of halogens is 1. The second-order valence-corrected chi connectivity index (χ2v) is 13.5. The van der Waals surface area contributed by atoms with E-state index in [2.05, 4.69) is 21.2 Å². The molecule has 208 valence electrons. The SMILES string of the molecule is Cc1cccc(N(CC(=O)N(Cc2cccc(Br)c2)[C@H](Cc2ccccc2)C(=O)NC(C)(C)C)S(C)(=O)=O)c1. The summed E-state index contributed by atoms with van der Waals surface area (Å²) in [5.74, 6) is -0.789. The van der Waals surface area contributed by atoms with Crippen molar-refractivity contribution in [3.8, 4) is 0 Å². The molecule has 0 aliphatic heterocycles. The molecule has 0 unspecified atom stereocenters. The third-order valence-electron chi connectivity index (χ3n) is 5.98. The maximum atomic E-state index is 14.1. The summed E-state index contributed by atoms with van der Waals surface area (Å²) in [6.07, 6.45) is 1.35. The number of hydrogen-bond acceptors (Lipinski definition) is 4. The zero-order valence-electron chi connectivity index (χ0n) is 23.0. The van der Waals surface area contributed by atoms with Crippen LogP contribution in [-0.2, 0) is 32.6 Å². The van der Waals surface area contributed by atoms with Crippen LogP contribution in [0.25, 0.3) is 0 Å². The van der Waals surface area contributed by atoms with Gasteiger partial charge in [0.1, 0.15) is 12.6 Å². The van der Waals surface area contributed by atoms with Crippen LogP contribution in [0.15, 0.2) is 83.3 Å². The van der Waals surface area contributed by atoms with Crippen LogP contribution < -0.4 is 9.62 Å². The summed E-state index contributed by atoms with van der Waals surface area (Å²) >= 11 is 3.48. The highest BCUT2D eigenvalue weighted by Gasteiger charge is 2.34. The van der Waals surface area contributed by atoms with E-state index >= 15 is 0 Å². The first kappa shape index (κ1) is 30.4. The molecule has 1 N–H and O–H groups in total. The molecule has 9 heteroatoms. The van der Waals surface area contributed by atoms with E-state index in [-0.39, 0.29) is 18.9 Å². The minimum Gasteiger partial charge on any atom is -0.350 e. The normalized spacial score (nSPS) is 12.5. The molecule has 0 radical (unpaired) electrons. The molecule has 0 aliphatic carbocycles. The minimum absolute atomic E-state index is 0.124. The second-order valence-electron chi connectivity index (χ2n) is 10.7. The molecule has 0 spiro atoms. The molecule has 1 atom stereocenters. The molecule has 0 saturated carbocycles. The standard InChI is InChI=1S/C30H36BrN3O4S/c1-22-11-9-16-26(17-22)34(39(5,37)38)21-28(35)33(20-24-14-10-15-25(31)18-24)27(29(36)32-30(2,3)4)19-23-12-7-6-8-13-23/h6-18,27H,19-21H2,1-5H3,(H,32,36)/t27-/m1/s1. The van der Waals surface area contributed by atoms with Crippen LogP contribution in [-0.4, -0.2) is 49.5 Å². The van der Waals surface area contributed by atoms with E-state index in [0.717, 1.165) is 31.7 Å². The molecule has 0 saturated heterocycles. The average Bonchev–Trinajstić information content (AvgIpc) is 2.83. The quantitative estimate of drug-likeness (QED) is 0.345. The van der Waals surface area contributed by atoms with Crippen LogP contribution in [0.4, 0.5) is 5.69 Å². The second kappa shape index (κ2) is 12.8. The maximum Gasteiger partial charge on any atom is 0.244 e. The summed E-state index contributed by atoms with van der Waals surface area (Å²) < 4.78 is 27.6.